The molecule has 6 heteroatoms. The van der Waals surface area contributed by atoms with Gasteiger partial charge in [0, 0.05) is 18.5 Å². The molecule has 0 aliphatic carbocycles. The number of aliphatic hydroxyl groups is 1. The average molecular weight is 257 g/mol. The van der Waals surface area contributed by atoms with Crippen LogP contribution in [-0.2, 0) is 6.42 Å². The molecule has 2 rings (SSSR count). The summed E-state index contributed by atoms with van der Waals surface area (Å²) in [5, 5.41) is 11.2. The van der Waals surface area contributed by atoms with Crippen LogP contribution in [0.4, 0.5) is 8.78 Å². The predicted octanol–water partition coefficient (Wildman–Crippen LogP) is 0.977. The second kappa shape index (κ2) is 5.30. The minimum Gasteiger partial charge on any atom is -0.493 e. The van der Waals surface area contributed by atoms with E-state index in [0.717, 1.165) is 17.7 Å². The minimum absolute atomic E-state index is 0.376. The van der Waals surface area contributed by atoms with E-state index in [9.17, 15) is 13.6 Å². The highest BCUT2D eigenvalue weighted by molar-refractivity contribution is 5.94. The lowest BCUT2D eigenvalue weighted by Gasteiger charge is -2.11. The summed E-state index contributed by atoms with van der Waals surface area (Å²) in [7, 11) is 0. The monoisotopic (exact) mass is 257 g/mol. The number of rotatable bonds is 4. The van der Waals surface area contributed by atoms with Crippen molar-refractivity contribution in [2.24, 2.45) is 0 Å². The Hall–Kier alpha value is -1.69. The van der Waals surface area contributed by atoms with Crippen LogP contribution in [0.25, 0.3) is 0 Å². The van der Waals surface area contributed by atoms with Crippen LogP contribution in [0.5, 0.6) is 5.75 Å². The van der Waals surface area contributed by atoms with Gasteiger partial charge < -0.3 is 15.2 Å². The van der Waals surface area contributed by atoms with Crippen molar-refractivity contribution in [3.8, 4) is 5.75 Å². The molecule has 0 saturated heterocycles. The van der Waals surface area contributed by atoms with Crippen molar-refractivity contribution >= 4 is 5.91 Å². The topological polar surface area (TPSA) is 58.6 Å². The van der Waals surface area contributed by atoms with Crippen molar-refractivity contribution < 1.29 is 23.4 Å². The number of carbonyl (C=O) groups excluding carboxylic acids is 1. The van der Waals surface area contributed by atoms with E-state index in [1.165, 1.54) is 0 Å². The molecule has 1 unspecified atom stereocenters. The first-order valence-corrected chi connectivity index (χ1v) is 5.58. The molecule has 2 N–H and O–H groups in total. The molecule has 98 valence electrons. The molecule has 4 nitrogen and oxygen atoms in total. The van der Waals surface area contributed by atoms with Gasteiger partial charge in [-0.3, -0.25) is 4.79 Å². The molecule has 1 aromatic carbocycles. The molecular weight excluding hydrogens is 244 g/mol. The van der Waals surface area contributed by atoms with Crippen molar-refractivity contribution in [2.75, 3.05) is 13.2 Å². The summed E-state index contributed by atoms with van der Waals surface area (Å²) in [6, 6.07) is 4.92. The van der Waals surface area contributed by atoms with Gasteiger partial charge in [-0.25, -0.2) is 8.78 Å². The molecule has 0 spiro atoms. The maximum absolute atomic E-state index is 12.0. The third-order valence-corrected chi connectivity index (χ3v) is 2.71. The highest BCUT2D eigenvalue weighted by Gasteiger charge is 2.19. The summed E-state index contributed by atoms with van der Waals surface area (Å²) in [5.74, 6) is 0.267. The maximum atomic E-state index is 12.0. The Morgan fingerprint density at radius 2 is 2.28 bits per heavy atom. The van der Waals surface area contributed by atoms with Crippen LogP contribution in [-0.4, -0.2) is 36.7 Å². The standard InChI is InChI=1S/C12H13F2NO3/c13-11(14)9(16)6-15-12(17)8-1-2-10-7(5-8)3-4-18-10/h1-2,5,9,11,16H,3-4,6H2,(H,15,17). The van der Waals surface area contributed by atoms with Gasteiger partial charge in [-0.1, -0.05) is 0 Å². The fourth-order valence-corrected chi connectivity index (χ4v) is 1.72. The van der Waals surface area contributed by atoms with E-state index in [4.69, 9.17) is 9.84 Å². The molecule has 0 aromatic heterocycles. The van der Waals surface area contributed by atoms with Gasteiger partial charge in [0.15, 0.2) is 0 Å². The third kappa shape index (κ3) is 2.76. The molecule has 1 heterocycles. The van der Waals surface area contributed by atoms with Gasteiger partial charge >= 0.3 is 0 Å². The Morgan fingerprint density at radius 3 is 3.00 bits per heavy atom. The number of nitrogens with one attached hydrogen (secondary N) is 1. The zero-order valence-electron chi connectivity index (χ0n) is 9.53. The average Bonchev–Trinajstić information content (AvgIpc) is 2.82. The van der Waals surface area contributed by atoms with Gasteiger partial charge in [0.05, 0.1) is 6.61 Å². The summed E-state index contributed by atoms with van der Waals surface area (Å²) in [5.41, 5.74) is 1.30. The van der Waals surface area contributed by atoms with Crippen LogP contribution < -0.4 is 10.1 Å². The number of ether oxygens (including phenoxy) is 1. The minimum atomic E-state index is -2.86. The number of hydrogen-bond donors (Lipinski definition) is 2. The fourth-order valence-electron chi connectivity index (χ4n) is 1.72. The van der Waals surface area contributed by atoms with E-state index >= 15 is 0 Å². The number of alkyl halides is 2. The molecule has 0 fully saturated rings. The van der Waals surface area contributed by atoms with Crippen LogP contribution in [0, 0.1) is 0 Å². The SMILES string of the molecule is O=C(NCC(O)C(F)F)c1ccc2c(c1)CCO2. The molecule has 1 aromatic rings. The van der Waals surface area contributed by atoms with Crippen molar-refractivity contribution in [3.63, 3.8) is 0 Å². The molecule has 1 aliphatic rings. The Bertz CT molecular complexity index is 451. The number of benzene rings is 1. The van der Waals surface area contributed by atoms with Gasteiger partial charge in [-0.15, -0.1) is 0 Å². The number of aliphatic hydroxyl groups excluding tert-OH is 1. The van der Waals surface area contributed by atoms with Gasteiger partial charge in [0.2, 0.25) is 0 Å². The van der Waals surface area contributed by atoms with Crippen LogP contribution in [0.15, 0.2) is 18.2 Å². The van der Waals surface area contributed by atoms with E-state index in [-0.39, 0.29) is 0 Å². The summed E-state index contributed by atoms with van der Waals surface area (Å²) in [4.78, 5) is 11.7. The lowest BCUT2D eigenvalue weighted by atomic mass is 10.1. The highest BCUT2D eigenvalue weighted by Crippen LogP contribution is 2.25. The molecular formula is C12H13F2NO3. The van der Waals surface area contributed by atoms with Crippen molar-refractivity contribution in [2.45, 2.75) is 19.0 Å². The summed E-state index contributed by atoms with van der Waals surface area (Å²) >= 11 is 0. The van der Waals surface area contributed by atoms with E-state index in [2.05, 4.69) is 5.32 Å². The molecule has 1 aliphatic heterocycles. The number of carbonyl (C=O) groups is 1. The van der Waals surface area contributed by atoms with E-state index in [1.54, 1.807) is 18.2 Å². The lowest BCUT2D eigenvalue weighted by molar-refractivity contribution is -0.00270. The van der Waals surface area contributed by atoms with Gasteiger partial charge in [0.25, 0.3) is 12.3 Å². The van der Waals surface area contributed by atoms with E-state index < -0.39 is 25.0 Å². The zero-order chi connectivity index (χ0) is 13.1. The Labute approximate surface area is 103 Å². The molecule has 1 amide bonds. The fraction of sp³-hybridized carbons (Fsp3) is 0.417. The molecule has 0 radical (unpaired) electrons. The van der Waals surface area contributed by atoms with Gasteiger partial charge in [-0.05, 0) is 23.8 Å². The quantitative estimate of drug-likeness (QED) is 0.845. The van der Waals surface area contributed by atoms with E-state index in [0.29, 0.717) is 12.2 Å². The maximum Gasteiger partial charge on any atom is 0.265 e. The van der Waals surface area contributed by atoms with Gasteiger partial charge in [-0.2, -0.15) is 0 Å². The predicted molar refractivity (Wildman–Crippen MR) is 60.0 cm³/mol. The smallest absolute Gasteiger partial charge is 0.265 e. The number of halogens is 2. The molecule has 1 atom stereocenters. The number of hydrogen-bond acceptors (Lipinski definition) is 3. The first-order chi connectivity index (χ1) is 8.58. The summed E-state index contributed by atoms with van der Waals surface area (Å²) < 4.78 is 29.4. The number of fused-ring (bicyclic) bond motifs is 1. The first-order valence-electron chi connectivity index (χ1n) is 5.58. The van der Waals surface area contributed by atoms with Crippen molar-refractivity contribution in [1.29, 1.82) is 0 Å². The number of amides is 1. The Kier molecular flexibility index (Phi) is 3.76. The normalized spacial score (nSPS) is 15.1. The largest absolute Gasteiger partial charge is 0.493 e. The van der Waals surface area contributed by atoms with E-state index in [1.807, 2.05) is 0 Å². The van der Waals surface area contributed by atoms with Crippen LogP contribution >= 0.6 is 0 Å². The highest BCUT2D eigenvalue weighted by atomic mass is 19.3. The Morgan fingerprint density at radius 1 is 1.50 bits per heavy atom. The molecule has 18 heavy (non-hydrogen) atoms. The molecule has 0 saturated carbocycles. The van der Waals surface area contributed by atoms with Crippen molar-refractivity contribution in [3.05, 3.63) is 29.3 Å². The van der Waals surface area contributed by atoms with Gasteiger partial charge in [0.1, 0.15) is 11.9 Å². The summed E-state index contributed by atoms with van der Waals surface area (Å²) in [6.07, 6.45) is -3.97. The van der Waals surface area contributed by atoms with Crippen LogP contribution in [0.3, 0.4) is 0 Å². The van der Waals surface area contributed by atoms with Crippen LogP contribution in [0.2, 0.25) is 0 Å². The second-order valence-corrected chi connectivity index (χ2v) is 4.03. The zero-order valence-corrected chi connectivity index (χ0v) is 9.53. The third-order valence-electron chi connectivity index (χ3n) is 2.71. The first kappa shape index (κ1) is 12.8. The summed E-state index contributed by atoms with van der Waals surface area (Å²) in [6.45, 7) is 0.120. The molecule has 0 bridgehead atoms. The van der Waals surface area contributed by atoms with Crippen LogP contribution in [0.1, 0.15) is 15.9 Å². The van der Waals surface area contributed by atoms with Crippen molar-refractivity contribution in [1.82, 2.24) is 5.32 Å². The second-order valence-electron chi connectivity index (χ2n) is 4.03. The lowest BCUT2D eigenvalue weighted by Crippen LogP contribution is -2.35. The Balaban J connectivity index is 1.97.